The van der Waals surface area contributed by atoms with Gasteiger partial charge in [-0.15, -0.1) is 0 Å². The fourth-order valence-corrected chi connectivity index (χ4v) is 2.17. The predicted molar refractivity (Wildman–Crippen MR) is 78.6 cm³/mol. The van der Waals surface area contributed by atoms with Gasteiger partial charge >= 0.3 is 0 Å². The molecule has 0 saturated carbocycles. The Morgan fingerprint density at radius 1 is 1.20 bits per heavy atom. The predicted octanol–water partition coefficient (Wildman–Crippen LogP) is 4.42. The molecule has 3 rings (SSSR count). The molecule has 2 N–H and O–H groups in total. The summed E-state index contributed by atoms with van der Waals surface area (Å²) in [5.74, 6) is -0.437. The van der Waals surface area contributed by atoms with Crippen molar-refractivity contribution in [3.63, 3.8) is 0 Å². The lowest BCUT2D eigenvalue weighted by molar-refractivity contribution is 0.457. The zero-order chi connectivity index (χ0) is 14.1. The quantitative estimate of drug-likeness (QED) is 0.674. The largest absolute Gasteiger partial charge is 0.494 e. The van der Waals surface area contributed by atoms with Gasteiger partial charge in [-0.05, 0) is 24.3 Å². The first-order chi connectivity index (χ1) is 9.65. The number of rotatable bonds is 2. The van der Waals surface area contributed by atoms with Crippen molar-refractivity contribution < 1.29 is 9.50 Å². The van der Waals surface area contributed by atoms with Crippen LogP contribution in [0, 0.1) is 5.82 Å². The third-order valence-corrected chi connectivity index (χ3v) is 3.20. The molecule has 3 nitrogen and oxygen atoms in total. The van der Waals surface area contributed by atoms with Crippen molar-refractivity contribution in [3.05, 3.63) is 58.9 Å². The number of H-pyrrole nitrogens is 1. The third-order valence-electron chi connectivity index (χ3n) is 2.97. The molecule has 20 heavy (non-hydrogen) atoms. The van der Waals surface area contributed by atoms with E-state index in [9.17, 15) is 9.50 Å². The molecule has 0 spiro atoms. The van der Waals surface area contributed by atoms with Crippen molar-refractivity contribution in [3.8, 4) is 5.88 Å². The minimum atomic E-state index is -0.411. The normalized spacial score (nSPS) is 11.5. The highest BCUT2D eigenvalue weighted by atomic mass is 35.5. The van der Waals surface area contributed by atoms with Gasteiger partial charge in [0.15, 0.2) is 5.88 Å². The van der Waals surface area contributed by atoms with Crippen molar-refractivity contribution >= 4 is 34.4 Å². The van der Waals surface area contributed by atoms with Gasteiger partial charge in [-0.2, -0.15) is 0 Å². The first-order valence-corrected chi connectivity index (χ1v) is 6.32. The van der Waals surface area contributed by atoms with Gasteiger partial charge in [-0.3, -0.25) is 4.99 Å². The second kappa shape index (κ2) is 4.98. The highest BCUT2D eigenvalue weighted by molar-refractivity contribution is 6.31. The number of hydrogen-bond donors (Lipinski definition) is 2. The standard InChI is InChI=1S/C15H10ClFN2O/c16-9-5-6-10-11(15(20)19-14(10)7-9)8-18-13-4-2-1-3-12(13)17/h1-8,19-20H. The van der Waals surface area contributed by atoms with Crippen LogP contribution in [0.2, 0.25) is 5.02 Å². The van der Waals surface area contributed by atoms with Crippen molar-refractivity contribution in [2.45, 2.75) is 0 Å². The number of aromatic hydroxyl groups is 1. The zero-order valence-electron chi connectivity index (χ0n) is 10.3. The number of benzene rings is 2. The van der Waals surface area contributed by atoms with Crippen molar-refractivity contribution in [2.24, 2.45) is 4.99 Å². The monoisotopic (exact) mass is 288 g/mol. The van der Waals surface area contributed by atoms with E-state index in [0.29, 0.717) is 16.1 Å². The lowest BCUT2D eigenvalue weighted by atomic mass is 10.2. The molecular formula is C15H10ClFN2O. The second-order valence-corrected chi connectivity index (χ2v) is 4.72. The van der Waals surface area contributed by atoms with Crippen LogP contribution in [0.15, 0.2) is 47.5 Å². The Morgan fingerprint density at radius 3 is 2.80 bits per heavy atom. The van der Waals surface area contributed by atoms with Crippen LogP contribution in [0.3, 0.4) is 0 Å². The summed E-state index contributed by atoms with van der Waals surface area (Å²) in [5.41, 5.74) is 1.42. The summed E-state index contributed by atoms with van der Waals surface area (Å²) < 4.78 is 13.5. The van der Waals surface area contributed by atoms with Crippen LogP contribution in [0.1, 0.15) is 5.56 Å². The number of aliphatic imine (C=N–C) groups is 1. The van der Waals surface area contributed by atoms with E-state index in [1.54, 1.807) is 36.4 Å². The Hall–Kier alpha value is -2.33. The Kier molecular flexibility index (Phi) is 3.16. The summed E-state index contributed by atoms with van der Waals surface area (Å²) in [7, 11) is 0. The summed E-state index contributed by atoms with van der Waals surface area (Å²) in [4.78, 5) is 6.87. The maximum absolute atomic E-state index is 13.5. The first kappa shape index (κ1) is 12.7. The summed E-state index contributed by atoms with van der Waals surface area (Å²) >= 11 is 5.89. The summed E-state index contributed by atoms with van der Waals surface area (Å²) in [5, 5.41) is 11.2. The Bertz CT molecular complexity index is 811. The average molecular weight is 289 g/mol. The van der Waals surface area contributed by atoms with E-state index in [4.69, 9.17) is 11.6 Å². The lowest BCUT2D eigenvalue weighted by Gasteiger charge is -1.96. The topological polar surface area (TPSA) is 48.4 Å². The van der Waals surface area contributed by atoms with Crippen LogP contribution in [-0.2, 0) is 0 Å². The molecule has 0 saturated heterocycles. The molecule has 100 valence electrons. The maximum atomic E-state index is 13.5. The van der Waals surface area contributed by atoms with Crippen molar-refractivity contribution in [1.82, 2.24) is 4.98 Å². The minimum Gasteiger partial charge on any atom is -0.494 e. The molecule has 1 heterocycles. The van der Waals surface area contributed by atoms with Crippen molar-refractivity contribution in [1.29, 1.82) is 0 Å². The van der Waals surface area contributed by atoms with E-state index in [-0.39, 0.29) is 11.6 Å². The number of nitrogens with zero attached hydrogens (tertiary/aromatic N) is 1. The number of halogens is 2. The Balaban J connectivity index is 2.07. The average Bonchev–Trinajstić information content (AvgIpc) is 2.73. The zero-order valence-corrected chi connectivity index (χ0v) is 11.0. The molecule has 1 aromatic heterocycles. The van der Waals surface area contributed by atoms with E-state index in [0.717, 1.165) is 5.39 Å². The second-order valence-electron chi connectivity index (χ2n) is 4.29. The van der Waals surface area contributed by atoms with Crippen LogP contribution in [0.5, 0.6) is 5.88 Å². The van der Waals surface area contributed by atoms with Crippen LogP contribution < -0.4 is 0 Å². The van der Waals surface area contributed by atoms with Crippen LogP contribution in [0.4, 0.5) is 10.1 Å². The van der Waals surface area contributed by atoms with Gasteiger partial charge in [0.25, 0.3) is 0 Å². The molecule has 0 bridgehead atoms. The molecule has 0 unspecified atom stereocenters. The fourth-order valence-electron chi connectivity index (χ4n) is 2.00. The van der Waals surface area contributed by atoms with E-state index in [2.05, 4.69) is 9.98 Å². The van der Waals surface area contributed by atoms with E-state index < -0.39 is 5.82 Å². The molecule has 0 radical (unpaired) electrons. The highest BCUT2D eigenvalue weighted by Gasteiger charge is 2.09. The van der Waals surface area contributed by atoms with Gasteiger partial charge in [0, 0.05) is 16.6 Å². The molecule has 3 aromatic rings. The van der Waals surface area contributed by atoms with Crippen LogP contribution in [-0.4, -0.2) is 16.3 Å². The van der Waals surface area contributed by atoms with Crippen molar-refractivity contribution in [2.75, 3.05) is 0 Å². The molecule has 0 amide bonds. The summed E-state index contributed by atoms with van der Waals surface area (Å²) in [6.45, 7) is 0. The van der Waals surface area contributed by atoms with Gasteiger partial charge in [0.05, 0.1) is 16.8 Å². The van der Waals surface area contributed by atoms with Gasteiger partial charge in [-0.25, -0.2) is 4.39 Å². The van der Waals surface area contributed by atoms with Crippen LogP contribution in [0.25, 0.3) is 10.9 Å². The van der Waals surface area contributed by atoms with E-state index in [1.807, 2.05) is 0 Å². The van der Waals surface area contributed by atoms with Gasteiger partial charge in [0.1, 0.15) is 5.82 Å². The molecule has 0 fully saturated rings. The van der Waals surface area contributed by atoms with E-state index >= 15 is 0 Å². The number of fused-ring (bicyclic) bond motifs is 1. The molecule has 0 aliphatic heterocycles. The summed E-state index contributed by atoms with van der Waals surface area (Å²) in [6.07, 6.45) is 1.43. The number of aromatic nitrogens is 1. The van der Waals surface area contributed by atoms with E-state index in [1.165, 1.54) is 12.3 Å². The smallest absolute Gasteiger partial charge is 0.198 e. The van der Waals surface area contributed by atoms with Gasteiger partial charge in [-0.1, -0.05) is 29.8 Å². The third kappa shape index (κ3) is 2.26. The van der Waals surface area contributed by atoms with Gasteiger partial charge < -0.3 is 10.1 Å². The SMILES string of the molecule is Oc1[nH]c2cc(Cl)ccc2c1C=Nc1ccccc1F. The Morgan fingerprint density at radius 2 is 2.00 bits per heavy atom. The summed E-state index contributed by atoms with van der Waals surface area (Å²) in [6, 6.07) is 11.4. The van der Waals surface area contributed by atoms with Crippen LogP contribution >= 0.6 is 11.6 Å². The maximum Gasteiger partial charge on any atom is 0.198 e. The Labute approximate surface area is 119 Å². The minimum absolute atomic E-state index is 0.0256. The van der Waals surface area contributed by atoms with Gasteiger partial charge in [0.2, 0.25) is 0 Å². The first-order valence-electron chi connectivity index (χ1n) is 5.94. The molecule has 0 atom stereocenters. The number of aromatic amines is 1. The fraction of sp³-hybridized carbons (Fsp3) is 0. The molecule has 0 aliphatic carbocycles. The number of hydrogen-bond acceptors (Lipinski definition) is 2. The molecular weight excluding hydrogens is 279 g/mol. The highest BCUT2D eigenvalue weighted by Crippen LogP contribution is 2.28. The molecule has 0 aliphatic rings. The number of nitrogens with one attached hydrogen (secondary N) is 1. The number of para-hydroxylation sites is 1. The molecule has 2 aromatic carbocycles. The molecule has 5 heteroatoms. The lowest BCUT2D eigenvalue weighted by Crippen LogP contribution is -1.80.